The number of nitrogens with one attached hydrogen (secondary N) is 1. The Morgan fingerprint density at radius 2 is 1.75 bits per heavy atom. The molecule has 0 bridgehead atoms. The van der Waals surface area contributed by atoms with Crippen molar-refractivity contribution in [2.45, 2.75) is 58.5 Å². The number of benzene rings is 2. The molecule has 0 unspecified atom stereocenters. The van der Waals surface area contributed by atoms with E-state index in [1.54, 1.807) is 10.6 Å². The van der Waals surface area contributed by atoms with Crippen LogP contribution in [0.25, 0.3) is 22.2 Å². The van der Waals surface area contributed by atoms with E-state index in [4.69, 9.17) is 16.3 Å². The second kappa shape index (κ2) is 8.99. The number of rotatable bonds is 3. The van der Waals surface area contributed by atoms with Crippen LogP contribution in [0.2, 0.25) is 5.02 Å². The number of hydrogen-bond donors (Lipinski definition) is 1. The number of carbonyl (C=O) groups excluding carboxylic acids is 2. The monoisotopic (exact) mass is 452 g/mol. The van der Waals surface area contributed by atoms with Gasteiger partial charge in [0, 0.05) is 16.9 Å². The van der Waals surface area contributed by atoms with Crippen molar-refractivity contribution in [3.63, 3.8) is 0 Å². The van der Waals surface area contributed by atoms with Crippen LogP contribution >= 0.6 is 11.6 Å². The van der Waals surface area contributed by atoms with Crippen molar-refractivity contribution in [3.05, 3.63) is 53.6 Å². The molecule has 0 saturated heterocycles. The molecule has 32 heavy (non-hydrogen) atoms. The van der Waals surface area contributed by atoms with Crippen LogP contribution in [0.4, 0.5) is 10.5 Å². The summed E-state index contributed by atoms with van der Waals surface area (Å²) in [6.45, 7) is 5.53. The molecule has 6 heteroatoms. The van der Waals surface area contributed by atoms with E-state index in [1.165, 1.54) is 6.42 Å². The minimum absolute atomic E-state index is 0.0106. The molecule has 1 amide bonds. The average molecular weight is 453 g/mol. The Kier molecular flexibility index (Phi) is 6.29. The minimum atomic E-state index is -0.626. The van der Waals surface area contributed by atoms with Crippen molar-refractivity contribution in [2.24, 2.45) is 5.92 Å². The van der Waals surface area contributed by atoms with E-state index in [0.717, 1.165) is 42.1 Å². The van der Waals surface area contributed by atoms with Crippen molar-refractivity contribution < 1.29 is 14.3 Å². The SMILES string of the molecule is CC(C)(C)OC(=O)n1c(-c2ccc(Cl)c(NC(=O)C3CCCCC3)c2)cc2ccccc21. The lowest BCUT2D eigenvalue weighted by molar-refractivity contribution is -0.120. The largest absolute Gasteiger partial charge is 0.443 e. The summed E-state index contributed by atoms with van der Waals surface area (Å²) in [5.74, 6) is 0.0353. The first-order chi connectivity index (χ1) is 15.2. The smallest absolute Gasteiger partial charge is 0.419 e. The number of para-hydroxylation sites is 1. The van der Waals surface area contributed by atoms with Gasteiger partial charge in [-0.3, -0.25) is 4.79 Å². The van der Waals surface area contributed by atoms with Crippen molar-refractivity contribution >= 4 is 40.2 Å². The molecule has 1 fully saturated rings. The topological polar surface area (TPSA) is 60.3 Å². The molecule has 1 aliphatic rings. The normalized spacial score (nSPS) is 15.0. The zero-order valence-corrected chi connectivity index (χ0v) is 19.5. The molecule has 168 valence electrons. The zero-order chi connectivity index (χ0) is 22.9. The minimum Gasteiger partial charge on any atom is -0.443 e. The highest BCUT2D eigenvalue weighted by molar-refractivity contribution is 6.33. The van der Waals surface area contributed by atoms with Crippen LogP contribution in [-0.4, -0.2) is 22.2 Å². The van der Waals surface area contributed by atoms with Crippen molar-refractivity contribution in [1.29, 1.82) is 0 Å². The fraction of sp³-hybridized carbons (Fsp3) is 0.385. The Balaban J connectivity index is 1.72. The number of aromatic nitrogens is 1. The molecule has 0 atom stereocenters. The molecule has 1 N–H and O–H groups in total. The maximum Gasteiger partial charge on any atom is 0.419 e. The van der Waals surface area contributed by atoms with Gasteiger partial charge in [-0.05, 0) is 57.9 Å². The zero-order valence-electron chi connectivity index (χ0n) is 18.8. The summed E-state index contributed by atoms with van der Waals surface area (Å²) in [7, 11) is 0. The van der Waals surface area contributed by atoms with Crippen molar-refractivity contribution in [2.75, 3.05) is 5.32 Å². The fourth-order valence-electron chi connectivity index (χ4n) is 4.25. The molecule has 5 nitrogen and oxygen atoms in total. The molecule has 1 saturated carbocycles. The lowest BCUT2D eigenvalue weighted by atomic mass is 9.88. The first-order valence-corrected chi connectivity index (χ1v) is 11.6. The third kappa shape index (κ3) is 4.83. The van der Waals surface area contributed by atoms with Gasteiger partial charge in [0.05, 0.1) is 21.9 Å². The first kappa shape index (κ1) is 22.4. The molecule has 2 aromatic carbocycles. The van der Waals surface area contributed by atoms with Gasteiger partial charge in [-0.25, -0.2) is 9.36 Å². The molecule has 0 spiro atoms. The van der Waals surface area contributed by atoms with Gasteiger partial charge in [-0.15, -0.1) is 0 Å². The number of hydrogen-bond acceptors (Lipinski definition) is 3. The number of fused-ring (bicyclic) bond motifs is 1. The predicted octanol–water partition coefficient (Wildman–Crippen LogP) is 7.26. The summed E-state index contributed by atoms with van der Waals surface area (Å²) in [4.78, 5) is 25.9. The summed E-state index contributed by atoms with van der Waals surface area (Å²) >= 11 is 6.42. The van der Waals surface area contributed by atoms with Gasteiger partial charge in [-0.1, -0.05) is 55.1 Å². The van der Waals surface area contributed by atoms with E-state index in [9.17, 15) is 9.59 Å². The van der Waals surface area contributed by atoms with E-state index >= 15 is 0 Å². The standard InChI is InChI=1S/C26H29ClN2O3/c1-26(2,3)32-25(31)29-22-12-8-7-11-18(22)16-23(29)19-13-14-20(27)21(15-19)28-24(30)17-9-5-4-6-10-17/h7-8,11-17H,4-6,9-10H2,1-3H3,(H,28,30). The number of ether oxygens (including phenoxy) is 1. The second-order valence-corrected chi connectivity index (χ2v) is 9.83. The third-order valence-electron chi connectivity index (χ3n) is 5.78. The molecule has 4 rings (SSSR count). The highest BCUT2D eigenvalue weighted by Crippen LogP contribution is 2.34. The molecule has 3 aromatic rings. The van der Waals surface area contributed by atoms with E-state index in [1.807, 2.05) is 63.2 Å². The van der Waals surface area contributed by atoms with Crippen LogP contribution in [0, 0.1) is 5.92 Å². The molecule has 1 heterocycles. The highest BCUT2D eigenvalue weighted by Gasteiger charge is 2.24. The Bertz CT molecular complexity index is 1150. The number of halogens is 1. The number of carbonyl (C=O) groups is 2. The highest BCUT2D eigenvalue weighted by atomic mass is 35.5. The molecular formula is C26H29ClN2O3. The van der Waals surface area contributed by atoms with Crippen LogP contribution in [0.1, 0.15) is 52.9 Å². The maximum atomic E-state index is 13.1. The van der Waals surface area contributed by atoms with Gasteiger partial charge in [0.2, 0.25) is 5.91 Å². The molecule has 1 aromatic heterocycles. The Morgan fingerprint density at radius 3 is 2.47 bits per heavy atom. The molecule has 0 aliphatic heterocycles. The Labute approximate surface area is 193 Å². The van der Waals surface area contributed by atoms with Crippen molar-refractivity contribution in [1.82, 2.24) is 4.57 Å². The molecule has 0 radical (unpaired) electrons. The number of anilines is 1. The van der Waals surface area contributed by atoms with Crippen LogP contribution in [-0.2, 0) is 9.53 Å². The van der Waals surface area contributed by atoms with E-state index in [2.05, 4.69) is 5.32 Å². The van der Waals surface area contributed by atoms with Gasteiger partial charge in [0.1, 0.15) is 5.60 Å². The van der Waals surface area contributed by atoms with Crippen LogP contribution in [0.3, 0.4) is 0 Å². The summed E-state index contributed by atoms with van der Waals surface area (Å²) in [6, 6.07) is 15.1. The number of amides is 1. The van der Waals surface area contributed by atoms with Gasteiger partial charge >= 0.3 is 6.09 Å². The van der Waals surface area contributed by atoms with E-state index in [-0.39, 0.29) is 11.8 Å². The lowest BCUT2D eigenvalue weighted by Crippen LogP contribution is -2.27. The fourth-order valence-corrected chi connectivity index (χ4v) is 4.42. The van der Waals surface area contributed by atoms with Gasteiger partial charge in [0.15, 0.2) is 0 Å². The summed E-state index contributed by atoms with van der Waals surface area (Å²) in [5.41, 5.74) is 2.15. The average Bonchev–Trinajstić information content (AvgIpc) is 3.14. The first-order valence-electron chi connectivity index (χ1n) is 11.2. The molecular weight excluding hydrogens is 424 g/mol. The predicted molar refractivity (Wildman–Crippen MR) is 129 cm³/mol. The quantitative estimate of drug-likeness (QED) is 0.454. The summed E-state index contributed by atoms with van der Waals surface area (Å²) in [6.07, 6.45) is 4.74. The van der Waals surface area contributed by atoms with Gasteiger partial charge < -0.3 is 10.1 Å². The van der Waals surface area contributed by atoms with Crippen molar-refractivity contribution in [3.8, 4) is 11.3 Å². The van der Waals surface area contributed by atoms with E-state index in [0.29, 0.717) is 16.4 Å². The second-order valence-electron chi connectivity index (χ2n) is 9.42. The van der Waals surface area contributed by atoms with E-state index < -0.39 is 11.7 Å². The third-order valence-corrected chi connectivity index (χ3v) is 6.11. The summed E-state index contributed by atoms with van der Waals surface area (Å²) in [5, 5.41) is 4.41. The van der Waals surface area contributed by atoms with Crippen LogP contribution in [0.5, 0.6) is 0 Å². The maximum absolute atomic E-state index is 13.1. The van der Waals surface area contributed by atoms with Crippen LogP contribution < -0.4 is 5.32 Å². The summed E-state index contributed by atoms with van der Waals surface area (Å²) < 4.78 is 7.26. The lowest BCUT2D eigenvalue weighted by Gasteiger charge is -2.22. The van der Waals surface area contributed by atoms with Gasteiger partial charge in [0.25, 0.3) is 0 Å². The molecule has 1 aliphatic carbocycles. The number of nitrogens with zero attached hydrogens (tertiary/aromatic N) is 1. The Hall–Kier alpha value is -2.79. The van der Waals surface area contributed by atoms with Gasteiger partial charge in [-0.2, -0.15) is 0 Å². The van der Waals surface area contributed by atoms with Crippen LogP contribution in [0.15, 0.2) is 48.5 Å². The Morgan fingerprint density at radius 1 is 1.03 bits per heavy atom.